The number of carbonyl (C=O) groups excluding carboxylic acids is 2. The maximum atomic E-state index is 15.4. The summed E-state index contributed by atoms with van der Waals surface area (Å²) in [5, 5.41) is 5.27. The van der Waals surface area contributed by atoms with E-state index in [1.165, 1.54) is 31.3 Å². The van der Waals surface area contributed by atoms with Gasteiger partial charge in [0.25, 0.3) is 5.91 Å². The summed E-state index contributed by atoms with van der Waals surface area (Å²) in [6.45, 7) is 0. The largest absolute Gasteiger partial charge is 0.417 e. The van der Waals surface area contributed by atoms with Gasteiger partial charge in [0.15, 0.2) is 0 Å². The van der Waals surface area contributed by atoms with Crippen molar-refractivity contribution >= 4 is 39.1 Å². The molecule has 222 valence electrons. The molecule has 3 aromatic carbocycles. The number of nitrogens with one attached hydrogen (secondary N) is 1. The zero-order valence-corrected chi connectivity index (χ0v) is 22.2. The smallest absolute Gasteiger partial charge is 0.366 e. The molecule has 0 saturated heterocycles. The van der Waals surface area contributed by atoms with Gasteiger partial charge in [0, 0.05) is 18.3 Å². The highest BCUT2D eigenvalue weighted by Crippen LogP contribution is 2.44. The highest BCUT2D eigenvalue weighted by Gasteiger charge is 2.38. The van der Waals surface area contributed by atoms with Crippen LogP contribution in [0, 0.1) is 5.82 Å². The summed E-state index contributed by atoms with van der Waals surface area (Å²) < 4.78 is 100. The normalized spacial score (nSPS) is 12.1. The monoisotopic (exact) mass is 624 g/mol. The average molecular weight is 624 g/mol. The zero-order chi connectivity index (χ0) is 31.4. The van der Waals surface area contributed by atoms with E-state index in [-0.39, 0.29) is 16.0 Å². The summed E-state index contributed by atoms with van der Waals surface area (Å²) in [6, 6.07) is 7.29. The Balaban J connectivity index is 1.69. The molecule has 17 heteroatoms. The van der Waals surface area contributed by atoms with Crippen molar-refractivity contribution in [1.82, 2.24) is 19.3 Å². The highest BCUT2D eigenvalue weighted by molar-refractivity contribution is 7.22. The van der Waals surface area contributed by atoms with E-state index in [1.54, 1.807) is 0 Å². The third-order valence-corrected chi connectivity index (χ3v) is 7.28. The molecule has 0 fully saturated rings. The number of aromatic nitrogens is 4. The van der Waals surface area contributed by atoms with Crippen LogP contribution in [-0.4, -0.2) is 31.1 Å². The minimum Gasteiger partial charge on any atom is -0.366 e. The molecule has 0 saturated carbocycles. The quantitative estimate of drug-likeness (QED) is 0.254. The number of carbonyl (C=O) groups is 2. The fourth-order valence-electron chi connectivity index (χ4n) is 4.15. The number of hydrogen-bond donors (Lipinski definition) is 2. The van der Waals surface area contributed by atoms with Crippen LogP contribution in [0.15, 0.2) is 59.7 Å². The maximum Gasteiger partial charge on any atom is 0.417 e. The lowest BCUT2D eigenvalue weighted by molar-refractivity contribution is -0.138. The second-order valence-electron chi connectivity index (χ2n) is 9.04. The molecule has 0 spiro atoms. The van der Waals surface area contributed by atoms with Crippen molar-refractivity contribution in [3.05, 3.63) is 93.4 Å². The molecule has 2 aromatic heterocycles. The van der Waals surface area contributed by atoms with Crippen LogP contribution in [0.1, 0.15) is 31.8 Å². The third kappa shape index (κ3) is 5.57. The molecule has 0 aliphatic carbocycles. The Morgan fingerprint density at radius 1 is 1.00 bits per heavy atom. The summed E-state index contributed by atoms with van der Waals surface area (Å²) in [6.07, 6.45) is -9.30. The first kappa shape index (κ1) is 29.4. The number of alkyl halides is 6. The van der Waals surface area contributed by atoms with Gasteiger partial charge in [-0.15, -0.1) is 11.3 Å². The summed E-state index contributed by atoms with van der Waals surface area (Å²) in [5.41, 5.74) is -1.32. The molecule has 2 heterocycles. The summed E-state index contributed by atoms with van der Waals surface area (Å²) in [5.74, 6) is -3.44. The first-order chi connectivity index (χ1) is 20.0. The number of amides is 2. The third-order valence-electron chi connectivity index (χ3n) is 6.16. The fourth-order valence-corrected chi connectivity index (χ4v) is 5.27. The molecule has 2 amide bonds. The molecular formula is C26H15F7N6O3S. The van der Waals surface area contributed by atoms with E-state index in [0.29, 0.717) is 40.2 Å². The molecule has 9 nitrogen and oxygen atoms in total. The number of fused-ring (bicyclic) bond motifs is 1. The van der Waals surface area contributed by atoms with Gasteiger partial charge in [0.2, 0.25) is 5.91 Å². The molecule has 0 atom stereocenters. The summed E-state index contributed by atoms with van der Waals surface area (Å²) in [4.78, 5) is 40.7. The molecule has 0 bridgehead atoms. The molecule has 3 N–H and O–H groups in total. The first-order valence-corrected chi connectivity index (χ1v) is 12.6. The fraction of sp³-hybridized carbons (Fsp3) is 0.115. The minimum atomic E-state index is -5.20. The molecule has 5 aromatic rings. The van der Waals surface area contributed by atoms with Gasteiger partial charge in [-0.2, -0.15) is 31.4 Å². The number of benzene rings is 3. The zero-order valence-electron chi connectivity index (χ0n) is 21.3. The number of hydrogen-bond acceptors (Lipinski definition) is 6. The van der Waals surface area contributed by atoms with Crippen molar-refractivity contribution in [3.8, 4) is 16.3 Å². The number of halogens is 7. The minimum absolute atomic E-state index is 0.0109. The molecule has 5 rings (SSSR count). The number of aryl methyl sites for hydroxylation is 1. The second-order valence-corrected chi connectivity index (χ2v) is 10.0. The van der Waals surface area contributed by atoms with E-state index >= 15 is 4.39 Å². The van der Waals surface area contributed by atoms with Crippen molar-refractivity contribution in [2.24, 2.45) is 12.8 Å². The van der Waals surface area contributed by atoms with Crippen LogP contribution in [0.4, 0.5) is 36.4 Å². The molecule has 0 unspecified atom stereocenters. The Hall–Kier alpha value is -5.06. The van der Waals surface area contributed by atoms with Crippen LogP contribution in [0.25, 0.3) is 26.5 Å². The molecular weight excluding hydrogens is 609 g/mol. The average Bonchev–Trinajstić information content (AvgIpc) is 3.49. The van der Waals surface area contributed by atoms with Crippen molar-refractivity contribution in [1.29, 1.82) is 0 Å². The Morgan fingerprint density at radius 3 is 2.33 bits per heavy atom. The van der Waals surface area contributed by atoms with E-state index in [9.17, 15) is 40.7 Å². The van der Waals surface area contributed by atoms with Gasteiger partial charge >= 0.3 is 18.0 Å². The van der Waals surface area contributed by atoms with Crippen LogP contribution in [-0.2, 0) is 19.4 Å². The van der Waals surface area contributed by atoms with E-state index in [2.05, 4.69) is 15.4 Å². The van der Waals surface area contributed by atoms with Crippen LogP contribution in [0.2, 0.25) is 0 Å². The second kappa shape index (κ2) is 10.3. The van der Waals surface area contributed by atoms with Gasteiger partial charge in [0.05, 0.1) is 38.2 Å². The number of anilines is 1. The van der Waals surface area contributed by atoms with Crippen LogP contribution in [0.3, 0.4) is 0 Å². The number of primary amides is 1. The molecule has 0 radical (unpaired) electrons. The van der Waals surface area contributed by atoms with Crippen molar-refractivity contribution in [3.63, 3.8) is 0 Å². The van der Waals surface area contributed by atoms with E-state index < -0.39 is 74.1 Å². The van der Waals surface area contributed by atoms with Gasteiger partial charge in [-0.1, -0.05) is 6.07 Å². The lowest BCUT2D eigenvalue weighted by Crippen LogP contribution is -2.22. The summed E-state index contributed by atoms with van der Waals surface area (Å²) in [7, 11) is 1.23. The number of rotatable bonds is 5. The van der Waals surface area contributed by atoms with E-state index in [1.807, 2.05) is 0 Å². The van der Waals surface area contributed by atoms with Crippen molar-refractivity contribution in [2.45, 2.75) is 12.4 Å². The number of nitrogens with two attached hydrogens (primary N) is 1. The van der Waals surface area contributed by atoms with Gasteiger partial charge in [-0.25, -0.2) is 23.4 Å². The van der Waals surface area contributed by atoms with Gasteiger partial charge < -0.3 is 11.1 Å². The number of thiazole rings is 1. The molecule has 0 aliphatic rings. The molecule has 43 heavy (non-hydrogen) atoms. The Kier molecular flexibility index (Phi) is 7.08. The van der Waals surface area contributed by atoms with Crippen LogP contribution < -0.4 is 16.7 Å². The summed E-state index contributed by atoms with van der Waals surface area (Å²) >= 11 is 0.358. The highest BCUT2D eigenvalue weighted by atomic mass is 32.1. The van der Waals surface area contributed by atoms with Gasteiger partial charge in [-0.3, -0.25) is 9.59 Å². The SMILES string of the molecule is Cn1ncn(-c2cc(F)c(-c3nc4cc(C(F)(F)F)cc(C(=O)Nc5cccc(C(N)=O)c5)c4s3)c(C(F)(F)F)c2)c1=O. The number of nitrogens with zero attached hydrogens (tertiary/aromatic N) is 4. The van der Waals surface area contributed by atoms with Crippen molar-refractivity contribution < 1.29 is 40.3 Å². The predicted molar refractivity (Wildman–Crippen MR) is 140 cm³/mol. The van der Waals surface area contributed by atoms with Crippen molar-refractivity contribution in [2.75, 3.05) is 5.32 Å². The Labute approximate surface area is 239 Å². The van der Waals surface area contributed by atoms with Crippen LogP contribution in [0.5, 0.6) is 0 Å². The lowest BCUT2D eigenvalue weighted by Gasteiger charge is -2.14. The lowest BCUT2D eigenvalue weighted by atomic mass is 10.1. The first-order valence-electron chi connectivity index (χ1n) is 11.8. The van der Waals surface area contributed by atoms with E-state index in [0.717, 1.165) is 11.0 Å². The maximum absolute atomic E-state index is 15.4. The van der Waals surface area contributed by atoms with Gasteiger partial charge in [0.1, 0.15) is 17.2 Å². The van der Waals surface area contributed by atoms with Gasteiger partial charge in [-0.05, 0) is 42.5 Å². The molecule has 0 aliphatic heterocycles. The van der Waals surface area contributed by atoms with Crippen LogP contribution >= 0.6 is 11.3 Å². The topological polar surface area (TPSA) is 125 Å². The Bertz CT molecular complexity index is 1990. The van der Waals surface area contributed by atoms with E-state index in [4.69, 9.17) is 5.73 Å². The predicted octanol–water partition coefficient (Wildman–Crippen LogP) is 5.38. The standard InChI is InChI=1S/C26H15F7N6O3S/c1-38-24(42)39(10-35-38)14-8-16(26(31,32)33)19(17(27)9-14)23-37-18-7-12(25(28,29)30)6-15(20(18)43-23)22(41)36-13-4-2-3-11(5-13)21(34)40/h2-10H,1H3,(H2,34,40)(H,36,41). The Morgan fingerprint density at radius 2 is 1.72 bits per heavy atom.